The number of hydrazone groups is 1. The number of ether oxygens (including phenoxy) is 1. The first-order valence-corrected chi connectivity index (χ1v) is 10.1. The summed E-state index contributed by atoms with van der Waals surface area (Å²) >= 11 is 0. The van der Waals surface area contributed by atoms with Crippen molar-refractivity contribution in [3.05, 3.63) is 107 Å². The summed E-state index contributed by atoms with van der Waals surface area (Å²) in [6.07, 6.45) is 1.42. The second-order valence-electron chi connectivity index (χ2n) is 7.25. The Hall–Kier alpha value is -4.13. The Balaban J connectivity index is 1.31. The van der Waals surface area contributed by atoms with Crippen molar-refractivity contribution in [2.24, 2.45) is 5.10 Å². The highest BCUT2D eigenvalue weighted by molar-refractivity contribution is 5.92. The van der Waals surface area contributed by atoms with Gasteiger partial charge in [-0.1, -0.05) is 12.1 Å². The van der Waals surface area contributed by atoms with Crippen LogP contribution in [0.15, 0.2) is 82.3 Å². The summed E-state index contributed by atoms with van der Waals surface area (Å²) < 4.78 is 26.4. The van der Waals surface area contributed by atoms with E-state index >= 15 is 0 Å². The number of hydrogen-bond donors (Lipinski definition) is 1. The lowest BCUT2D eigenvalue weighted by Crippen LogP contribution is -2.16. The van der Waals surface area contributed by atoms with Gasteiger partial charge in [-0.3, -0.25) is 4.79 Å². The number of rotatable bonds is 7. The van der Waals surface area contributed by atoms with Gasteiger partial charge in [0, 0.05) is 17.1 Å². The van der Waals surface area contributed by atoms with Gasteiger partial charge in [0.1, 0.15) is 23.9 Å². The van der Waals surface area contributed by atoms with Crippen LogP contribution in [0.25, 0.3) is 5.69 Å². The predicted octanol–water partition coefficient (Wildman–Crippen LogP) is 5.17. The monoisotopic (exact) mass is 431 g/mol. The maximum absolute atomic E-state index is 12.9. The number of hydrogen-bond acceptors (Lipinski definition) is 4. The fourth-order valence-corrected chi connectivity index (χ4v) is 3.27. The topological polar surface area (TPSA) is 68.8 Å². The third-order valence-electron chi connectivity index (χ3n) is 4.88. The number of nitrogens with zero attached hydrogens (tertiary/aromatic N) is 2. The molecule has 0 fully saturated rings. The lowest BCUT2D eigenvalue weighted by atomic mass is 10.2. The molecule has 0 atom stereocenters. The summed E-state index contributed by atoms with van der Waals surface area (Å²) in [5, 5.41) is 3.85. The number of aromatic nitrogens is 1. The Kier molecular flexibility index (Phi) is 6.17. The largest absolute Gasteiger partial charge is 0.486 e. The molecule has 2 heterocycles. The van der Waals surface area contributed by atoms with E-state index in [4.69, 9.17) is 9.15 Å². The molecule has 162 valence electrons. The molecule has 0 bridgehead atoms. The minimum Gasteiger partial charge on any atom is -0.486 e. The zero-order valence-corrected chi connectivity index (χ0v) is 17.7. The van der Waals surface area contributed by atoms with E-state index in [0.717, 1.165) is 5.69 Å². The first-order chi connectivity index (χ1) is 15.5. The Labute approximate surface area is 184 Å². The molecule has 0 radical (unpaired) electrons. The summed E-state index contributed by atoms with van der Waals surface area (Å²) in [5.41, 5.74) is 6.44. The van der Waals surface area contributed by atoms with Gasteiger partial charge in [-0.05, 0) is 80.1 Å². The van der Waals surface area contributed by atoms with Gasteiger partial charge < -0.3 is 13.7 Å². The molecule has 0 saturated heterocycles. The zero-order valence-electron chi connectivity index (χ0n) is 17.7. The average Bonchev–Trinajstić information content (AvgIpc) is 3.40. The maximum atomic E-state index is 12.9. The van der Waals surface area contributed by atoms with Crippen molar-refractivity contribution < 1.29 is 18.3 Å². The summed E-state index contributed by atoms with van der Waals surface area (Å²) in [7, 11) is 0. The molecule has 0 unspecified atom stereocenters. The van der Waals surface area contributed by atoms with Gasteiger partial charge in [0.2, 0.25) is 0 Å². The van der Waals surface area contributed by atoms with Crippen LogP contribution in [-0.4, -0.2) is 16.7 Å². The number of carbonyl (C=O) groups is 1. The summed E-state index contributed by atoms with van der Waals surface area (Å²) in [4.78, 5) is 12.2. The Morgan fingerprint density at radius 3 is 2.38 bits per heavy atom. The van der Waals surface area contributed by atoms with Crippen molar-refractivity contribution in [3.8, 4) is 11.4 Å². The van der Waals surface area contributed by atoms with E-state index < -0.39 is 5.91 Å². The van der Waals surface area contributed by atoms with Crippen LogP contribution in [0.2, 0.25) is 0 Å². The SMILES string of the molecule is Cc1ccc(C)n1-c1ccc(OCc2ccc(C(=O)N/N=C/c3ccc(F)cc3)o2)cc1. The van der Waals surface area contributed by atoms with E-state index in [1.54, 1.807) is 24.3 Å². The van der Waals surface area contributed by atoms with Gasteiger partial charge in [0.05, 0.1) is 6.21 Å². The quantitative estimate of drug-likeness (QED) is 0.324. The first-order valence-electron chi connectivity index (χ1n) is 10.1. The highest BCUT2D eigenvalue weighted by Crippen LogP contribution is 2.21. The van der Waals surface area contributed by atoms with E-state index in [1.807, 2.05) is 24.3 Å². The normalized spacial score (nSPS) is 11.1. The molecule has 2 aromatic carbocycles. The second-order valence-corrected chi connectivity index (χ2v) is 7.25. The van der Waals surface area contributed by atoms with E-state index in [-0.39, 0.29) is 18.2 Å². The Morgan fingerprint density at radius 1 is 1.00 bits per heavy atom. The molecule has 0 aliphatic heterocycles. The molecule has 6 nitrogen and oxygen atoms in total. The minimum absolute atomic E-state index is 0.119. The van der Waals surface area contributed by atoms with Crippen LogP contribution in [0.5, 0.6) is 5.75 Å². The van der Waals surface area contributed by atoms with Crippen molar-refractivity contribution in [2.45, 2.75) is 20.5 Å². The van der Waals surface area contributed by atoms with Gasteiger partial charge in [-0.2, -0.15) is 5.10 Å². The lowest BCUT2D eigenvalue weighted by Gasteiger charge is -2.10. The van der Waals surface area contributed by atoms with Gasteiger partial charge in [-0.15, -0.1) is 0 Å². The van der Waals surface area contributed by atoms with Gasteiger partial charge in [0.15, 0.2) is 5.76 Å². The molecule has 0 aliphatic carbocycles. The molecule has 7 heteroatoms. The molecule has 0 aliphatic rings. The maximum Gasteiger partial charge on any atom is 0.307 e. The molecular weight excluding hydrogens is 409 g/mol. The molecule has 4 rings (SSSR count). The summed E-state index contributed by atoms with van der Waals surface area (Å²) in [6, 6.07) is 20.9. The number of benzene rings is 2. The smallest absolute Gasteiger partial charge is 0.307 e. The van der Waals surface area contributed by atoms with Crippen LogP contribution < -0.4 is 10.2 Å². The molecule has 0 spiro atoms. The number of furan rings is 1. The van der Waals surface area contributed by atoms with Gasteiger partial charge >= 0.3 is 5.91 Å². The van der Waals surface area contributed by atoms with Crippen LogP contribution in [-0.2, 0) is 6.61 Å². The number of nitrogens with one attached hydrogen (secondary N) is 1. The number of carbonyl (C=O) groups excluding carboxylic acids is 1. The van der Waals surface area contributed by atoms with Crippen molar-refractivity contribution in [3.63, 3.8) is 0 Å². The molecule has 4 aromatic rings. The standard InChI is InChI=1S/C25H22FN3O3/c1-17-3-4-18(2)29(17)21-9-11-22(12-10-21)31-16-23-13-14-24(32-23)25(30)28-27-15-19-5-7-20(26)8-6-19/h3-15H,16H2,1-2H3,(H,28,30)/b27-15+. The third kappa shape index (κ3) is 4.95. The molecule has 32 heavy (non-hydrogen) atoms. The third-order valence-corrected chi connectivity index (χ3v) is 4.88. The van der Waals surface area contributed by atoms with Crippen molar-refractivity contribution >= 4 is 12.1 Å². The zero-order chi connectivity index (χ0) is 22.5. The van der Waals surface area contributed by atoms with Crippen molar-refractivity contribution in [1.82, 2.24) is 9.99 Å². The van der Waals surface area contributed by atoms with E-state index in [1.165, 1.54) is 29.7 Å². The van der Waals surface area contributed by atoms with E-state index in [2.05, 4.69) is 41.1 Å². The summed E-state index contributed by atoms with van der Waals surface area (Å²) in [5.74, 6) is 0.505. The fraction of sp³-hybridized carbons (Fsp3) is 0.120. The van der Waals surface area contributed by atoms with Crippen LogP contribution in [0.1, 0.15) is 33.3 Å². The summed E-state index contributed by atoms with van der Waals surface area (Å²) in [6.45, 7) is 4.32. The van der Waals surface area contributed by atoms with Crippen LogP contribution >= 0.6 is 0 Å². The lowest BCUT2D eigenvalue weighted by molar-refractivity contribution is 0.0923. The van der Waals surface area contributed by atoms with Crippen molar-refractivity contribution in [2.75, 3.05) is 0 Å². The number of amides is 1. The highest BCUT2D eigenvalue weighted by atomic mass is 19.1. The first kappa shape index (κ1) is 21.1. The Bertz CT molecular complexity index is 1220. The van der Waals surface area contributed by atoms with E-state index in [0.29, 0.717) is 17.1 Å². The number of aryl methyl sites for hydroxylation is 2. The fourth-order valence-electron chi connectivity index (χ4n) is 3.27. The van der Waals surface area contributed by atoms with Crippen LogP contribution in [0.4, 0.5) is 4.39 Å². The molecule has 1 amide bonds. The second kappa shape index (κ2) is 9.34. The molecule has 0 saturated carbocycles. The Morgan fingerprint density at radius 2 is 1.69 bits per heavy atom. The van der Waals surface area contributed by atoms with Crippen molar-refractivity contribution in [1.29, 1.82) is 0 Å². The molecular formula is C25H22FN3O3. The van der Waals surface area contributed by atoms with Gasteiger partial charge in [0.25, 0.3) is 0 Å². The highest BCUT2D eigenvalue weighted by Gasteiger charge is 2.11. The predicted molar refractivity (Wildman–Crippen MR) is 120 cm³/mol. The molecule has 2 aromatic heterocycles. The molecule has 1 N–H and O–H groups in total. The number of halogens is 1. The minimum atomic E-state index is -0.489. The van der Waals surface area contributed by atoms with E-state index in [9.17, 15) is 9.18 Å². The average molecular weight is 431 g/mol. The van der Waals surface area contributed by atoms with Gasteiger partial charge in [-0.25, -0.2) is 9.82 Å². The van der Waals surface area contributed by atoms with Crippen LogP contribution in [0.3, 0.4) is 0 Å². The van der Waals surface area contributed by atoms with Crippen LogP contribution in [0, 0.1) is 19.7 Å².